The van der Waals surface area contributed by atoms with Gasteiger partial charge in [-0.15, -0.1) is 0 Å². The fourth-order valence-electron chi connectivity index (χ4n) is 3.81. The van der Waals surface area contributed by atoms with Crippen molar-refractivity contribution in [2.45, 2.75) is 12.0 Å². The zero-order chi connectivity index (χ0) is 18.1. The van der Waals surface area contributed by atoms with Crippen LogP contribution in [0.25, 0.3) is 11.1 Å². The molecule has 1 N–H and O–H groups in total. The normalized spacial score (nSPS) is 18.9. The molecule has 6 heteroatoms. The summed E-state index contributed by atoms with van der Waals surface area (Å²) >= 11 is 0. The third-order valence-corrected chi connectivity index (χ3v) is 5.09. The first-order valence-corrected chi connectivity index (χ1v) is 8.70. The second kappa shape index (κ2) is 6.80. The van der Waals surface area contributed by atoms with Gasteiger partial charge in [-0.1, -0.05) is 48.5 Å². The van der Waals surface area contributed by atoms with Gasteiger partial charge in [-0.05, 0) is 22.3 Å². The monoisotopic (exact) mass is 351 g/mol. The lowest BCUT2D eigenvalue weighted by atomic mass is 9.98. The lowest BCUT2D eigenvalue weighted by molar-refractivity contribution is -0.311. The number of nitrogens with one attached hydrogen (secondary N) is 1. The zero-order valence-electron chi connectivity index (χ0n) is 14.2. The number of ether oxygens (including phenoxy) is 1. The van der Waals surface area contributed by atoms with Crippen molar-refractivity contribution in [3.05, 3.63) is 59.7 Å². The van der Waals surface area contributed by atoms with Gasteiger partial charge < -0.3 is 20.0 Å². The van der Waals surface area contributed by atoms with Gasteiger partial charge in [0, 0.05) is 25.6 Å². The smallest absolute Gasteiger partial charge is 0.410 e. The van der Waals surface area contributed by atoms with Gasteiger partial charge in [-0.3, -0.25) is 4.90 Å². The quantitative estimate of drug-likeness (QED) is 0.891. The molecule has 134 valence electrons. The highest BCUT2D eigenvalue weighted by Gasteiger charge is 2.32. The highest BCUT2D eigenvalue weighted by molar-refractivity contribution is 5.80. The third kappa shape index (κ3) is 2.82. The van der Waals surface area contributed by atoms with Gasteiger partial charge in [0.1, 0.15) is 6.61 Å². The van der Waals surface area contributed by atoms with Crippen molar-refractivity contribution in [1.29, 1.82) is 0 Å². The summed E-state index contributed by atoms with van der Waals surface area (Å²) < 4.78 is 5.53. The Morgan fingerprint density at radius 3 is 2.31 bits per heavy atom. The van der Waals surface area contributed by atoms with Crippen LogP contribution in [0.3, 0.4) is 0 Å². The molecule has 1 heterocycles. The molecule has 2 aliphatic rings. The molecule has 4 rings (SSSR count). The number of amides is 1. The van der Waals surface area contributed by atoms with E-state index in [0.717, 1.165) is 22.3 Å². The summed E-state index contributed by atoms with van der Waals surface area (Å²) in [6, 6.07) is 15.2. The van der Waals surface area contributed by atoms with Crippen LogP contribution in [0, 0.1) is 0 Å². The van der Waals surface area contributed by atoms with Gasteiger partial charge >= 0.3 is 6.09 Å². The first-order valence-electron chi connectivity index (χ1n) is 8.70. The summed E-state index contributed by atoms with van der Waals surface area (Å²) in [5, 5.41) is 14.2. The van der Waals surface area contributed by atoms with Crippen LogP contribution in [-0.4, -0.2) is 49.2 Å². The summed E-state index contributed by atoms with van der Waals surface area (Å²) in [5.74, 6) is -1.32. The number of rotatable bonds is 3. The fraction of sp³-hybridized carbons (Fsp3) is 0.300. The van der Waals surface area contributed by atoms with Gasteiger partial charge in [0.05, 0.1) is 12.0 Å². The van der Waals surface area contributed by atoms with Crippen LogP contribution in [0.2, 0.25) is 0 Å². The maximum absolute atomic E-state index is 12.5. The minimum atomic E-state index is -1.27. The molecule has 0 radical (unpaired) electrons. The summed E-state index contributed by atoms with van der Waals surface area (Å²) in [6.07, 6.45) is -0.609. The molecule has 0 bridgehead atoms. The van der Waals surface area contributed by atoms with Crippen molar-refractivity contribution >= 4 is 12.1 Å². The number of hydrogen-bond donors (Lipinski definition) is 1. The molecule has 0 spiro atoms. The molecule has 1 atom stereocenters. The molecule has 1 saturated heterocycles. The summed E-state index contributed by atoms with van der Waals surface area (Å²) in [7, 11) is 0. The summed E-state index contributed by atoms with van der Waals surface area (Å²) in [5.41, 5.74) is 4.55. The first kappa shape index (κ1) is 16.6. The average Bonchev–Trinajstić information content (AvgIpc) is 3.00. The highest BCUT2D eigenvalue weighted by Crippen LogP contribution is 2.44. The maximum Gasteiger partial charge on any atom is 0.410 e. The van der Waals surface area contributed by atoms with Crippen LogP contribution >= 0.6 is 0 Å². The maximum atomic E-state index is 12.5. The van der Waals surface area contributed by atoms with Gasteiger partial charge in [-0.2, -0.15) is 0 Å². The Hall–Kier alpha value is -2.86. The van der Waals surface area contributed by atoms with Crippen LogP contribution < -0.4 is 10.4 Å². The number of fused-ring (bicyclic) bond motifs is 3. The molecular formula is C20H19N2O4-. The lowest BCUT2D eigenvalue weighted by Crippen LogP contribution is -2.60. The van der Waals surface area contributed by atoms with E-state index < -0.39 is 18.1 Å². The second-order valence-electron chi connectivity index (χ2n) is 6.54. The SMILES string of the molecule is O=C([O-])C1CNCCN1C(=O)OCC1c2ccccc2-c2ccccc21. The number of carboxylic acid groups (broad SMARTS) is 1. The van der Waals surface area contributed by atoms with Gasteiger partial charge in [0.15, 0.2) is 0 Å². The van der Waals surface area contributed by atoms with Gasteiger partial charge in [-0.25, -0.2) is 4.79 Å². The molecule has 2 aromatic rings. The number of benzene rings is 2. The molecular weight excluding hydrogens is 332 g/mol. The van der Waals surface area contributed by atoms with E-state index in [9.17, 15) is 14.7 Å². The minimum Gasteiger partial charge on any atom is -0.548 e. The van der Waals surface area contributed by atoms with Crippen molar-refractivity contribution < 1.29 is 19.4 Å². The Kier molecular flexibility index (Phi) is 4.34. The van der Waals surface area contributed by atoms with E-state index in [1.54, 1.807) is 0 Å². The number of piperazine rings is 1. The predicted octanol–water partition coefficient (Wildman–Crippen LogP) is 0.959. The van der Waals surface area contributed by atoms with E-state index in [1.165, 1.54) is 4.90 Å². The Bertz CT molecular complexity index is 806. The van der Waals surface area contributed by atoms with Crippen LogP contribution in [0.1, 0.15) is 17.0 Å². The molecule has 1 aliphatic heterocycles. The Morgan fingerprint density at radius 1 is 1.08 bits per heavy atom. The molecule has 2 aromatic carbocycles. The molecule has 0 aromatic heterocycles. The highest BCUT2D eigenvalue weighted by atomic mass is 16.6. The number of aliphatic carboxylic acids is 1. The molecule has 1 unspecified atom stereocenters. The zero-order valence-corrected chi connectivity index (χ0v) is 14.2. The van der Waals surface area contributed by atoms with E-state index in [0.29, 0.717) is 6.54 Å². The predicted molar refractivity (Wildman–Crippen MR) is 93.4 cm³/mol. The standard InChI is InChI=1S/C20H20N2O4/c23-19(24)18-11-21-9-10-22(18)20(25)26-12-17-15-7-3-1-5-13(15)14-6-2-4-8-16(14)17/h1-8,17-18,21H,9-12H2,(H,23,24)/p-1. The Balaban J connectivity index is 1.53. The second-order valence-corrected chi connectivity index (χ2v) is 6.54. The number of carbonyl (C=O) groups excluding carboxylic acids is 2. The van der Waals surface area contributed by atoms with E-state index in [1.807, 2.05) is 36.4 Å². The lowest BCUT2D eigenvalue weighted by Gasteiger charge is -2.36. The number of hydrogen-bond acceptors (Lipinski definition) is 5. The van der Waals surface area contributed by atoms with Crippen molar-refractivity contribution in [3.8, 4) is 11.1 Å². The topological polar surface area (TPSA) is 81.7 Å². The van der Waals surface area contributed by atoms with Crippen molar-refractivity contribution in [2.75, 3.05) is 26.2 Å². The van der Waals surface area contributed by atoms with E-state index >= 15 is 0 Å². The van der Waals surface area contributed by atoms with E-state index in [-0.39, 0.29) is 25.6 Å². The van der Waals surface area contributed by atoms with Crippen molar-refractivity contribution in [2.24, 2.45) is 0 Å². The molecule has 1 amide bonds. The Labute approximate surface area is 151 Å². The third-order valence-electron chi connectivity index (χ3n) is 5.09. The summed E-state index contributed by atoms with van der Waals surface area (Å²) in [6.45, 7) is 1.17. The largest absolute Gasteiger partial charge is 0.548 e. The van der Waals surface area contributed by atoms with Crippen molar-refractivity contribution in [1.82, 2.24) is 10.2 Å². The number of carbonyl (C=O) groups is 2. The number of carboxylic acids is 1. The van der Waals surface area contributed by atoms with Crippen LogP contribution in [0.15, 0.2) is 48.5 Å². The molecule has 0 saturated carbocycles. The van der Waals surface area contributed by atoms with Crippen LogP contribution in [0.5, 0.6) is 0 Å². The molecule has 1 aliphatic carbocycles. The molecule has 1 fully saturated rings. The molecule has 6 nitrogen and oxygen atoms in total. The number of nitrogens with zero attached hydrogens (tertiary/aromatic N) is 1. The average molecular weight is 351 g/mol. The van der Waals surface area contributed by atoms with Crippen LogP contribution in [-0.2, 0) is 9.53 Å². The summed E-state index contributed by atoms with van der Waals surface area (Å²) in [4.78, 5) is 25.0. The fourth-order valence-corrected chi connectivity index (χ4v) is 3.81. The minimum absolute atomic E-state index is 0.0457. The van der Waals surface area contributed by atoms with Gasteiger partial charge in [0.2, 0.25) is 0 Å². The first-order chi connectivity index (χ1) is 12.7. The van der Waals surface area contributed by atoms with E-state index in [4.69, 9.17) is 4.74 Å². The Morgan fingerprint density at radius 2 is 1.69 bits per heavy atom. The van der Waals surface area contributed by atoms with Gasteiger partial charge in [0.25, 0.3) is 0 Å². The molecule has 26 heavy (non-hydrogen) atoms. The van der Waals surface area contributed by atoms with E-state index in [2.05, 4.69) is 17.4 Å². The van der Waals surface area contributed by atoms with Crippen LogP contribution in [0.4, 0.5) is 4.79 Å². The van der Waals surface area contributed by atoms with Crippen molar-refractivity contribution in [3.63, 3.8) is 0 Å².